The first-order valence-electron chi connectivity index (χ1n) is 9.42. The highest BCUT2D eigenvalue weighted by Gasteiger charge is 2.40. The first kappa shape index (κ1) is 18.9. The Morgan fingerprint density at radius 3 is 2.93 bits per heavy atom. The van der Waals surface area contributed by atoms with E-state index in [4.69, 9.17) is 14.2 Å². The fourth-order valence-electron chi connectivity index (χ4n) is 3.78. The quantitative estimate of drug-likeness (QED) is 0.817. The van der Waals surface area contributed by atoms with E-state index in [0.717, 1.165) is 12.0 Å². The minimum Gasteiger partial charge on any atom is -0.494 e. The lowest BCUT2D eigenvalue weighted by atomic mass is 10.0. The number of morpholine rings is 1. The van der Waals surface area contributed by atoms with Gasteiger partial charge in [-0.2, -0.15) is 0 Å². The third-order valence-corrected chi connectivity index (χ3v) is 5.41. The minimum absolute atomic E-state index is 0.0121. The van der Waals surface area contributed by atoms with Crippen molar-refractivity contribution in [3.63, 3.8) is 0 Å². The van der Waals surface area contributed by atoms with E-state index < -0.39 is 5.82 Å². The molecule has 0 unspecified atom stereocenters. The molecule has 2 atom stereocenters. The Balaban J connectivity index is 1.23. The molecule has 4 rings (SSSR count). The predicted molar refractivity (Wildman–Crippen MR) is 96.4 cm³/mol. The van der Waals surface area contributed by atoms with Crippen LogP contribution in [0.5, 0.6) is 5.75 Å². The molecule has 1 N–H and O–H groups in total. The van der Waals surface area contributed by atoms with E-state index >= 15 is 0 Å². The van der Waals surface area contributed by atoms with Crippen molar-refractivity contribution in [2.45, 2.75) is 31.3 Å². The van der Waals surface area contributed by atoms with Crippen molar-refractivity contribution in [2.24, 2.45) is 0 Å². The standard InChI is InChI=1S/C19H24FN3O5/c1-26-17-6-12(2-3-14(17)20)10-27-13-7-23(8-13)19(25)22-5-4-16-15(9-22)21-18(24)11-28-16/h2-3,6,13,15-16H,4-5,7-11H2,1H3,(H,21,24)/t15-,16+/m1/s1. The Labute approximate surface area is 162 Å². The van der Waals surface area contributed by atoms with Crippen molar-refractivity contribution in [1.82, 2.24) is 15.1 Å². The summed E-state index contributed by atoms with van der Waals surface area (Å²) in [5.74, 6) is -0.353. The number of rotatable bonds is 4. The Morgan fingerprint density at radius 2 is 2.14 bits per heavy atom. The summed E-state index contributed by atoms with van der Waals surface area (Å²) in [6, 6.07) is 4.44. The van der Waals surface area contributed by atoms with E-state index in [9.17, 15) is 14.0 Å². The minimum atomic E-state index is -0.407. The second-order valence-electron chi connectivity index (χ2n) is 7.35. The zero-order valence-corrected chi connectivity index (χ0v) is 15.7. The van der Waals surface area contributed by atoms with Crippen molar-refractivity contribution in [2.75, 3.05) is 39.9 Å². The smallest absolute Gasteiger partial charge is 0.320 e. The summed E-state index contributed by atoms with van der Waals surface area (Å²) in [5, 5.41) is 2.90. The molecule has 3 fully saturated rings. The topological polar surface area (TPSA) is 80.3 Å². The van der Waals surface area contributed by atoms with Gasteiger partial charge in [-0.15, -0.1) is 0 Å². The summed E-state index contributed by atoms with van der Waals surface area (Å²) in [7, 11) is 1.42. The van der Waals surface area contributed by atoms with Crippen LogP contribution in [-0.4, -0.2) is 79.9 Å². The molecule has 152 valence electrons. The van der Waals surface area contributed by atoms with Crippen LogP contribution in [0.3, 0.4) is 0 Å². The van der Waals surface area contributed by atoms with Gasteiger partial charge in [0.2, 0.25) is 5.91 Å². The molecule has 9 heteroatoms. The van der Waals surface area contributed by atoms with Crippen LogP contribution in [0.1, 0.15) is 12.0 Å². The molecule has 0 aromatic heterocycles. The molecule has 0 saturated carbocycles. The monoisotopic (exact) mass is 393 g/mol. The van der Waals surface area contributed by atoms with E-state index in [-0.39, 0.29) is 42.5 Å². The Hall–Kier alpha value is -2.39. The van der Waals surface area contributed by atoms with Gasteiger partial charge in [0.1, 0.15) is 6.61 Å². The third-order valence-electron chi connectivity index (χ3n) is 5.41. The van der Waals surface area contributed by atoms with Crippen LogP contribution in [0.15, 0.2) is 18.2 Å². The summed E-state index contributed by atoms with van der Waals surface area (Å²) < 4.78 is 29.7. The number of amides is 3. The van der Waals surface area contributed by atoms with E-state index in [1.807, 2.05) is 0 Å². The maximum Gasteiger partial charge on any atom is 0.320 e. The van der Waals surface area contributed by atoms with E-state index in [0.29, 0.717) is 32.8 Å². The summed E-state index contributed by atoms with van der Waals surface area (Å²) in [5.41, 5.74) is 0.818. The van der Waals surface area contributed by atoms with Gasteiger partial charge in [0.25, 0.3) is 0 Å². The lowest BCUT2D eigenvalue weighted by Gasteiger charge is -2.45. The summed E-state index contributed by atoms with van der Waals surface area (Å²) in [6.45, 7) is 2.55. The average molecular weight is 393 g/mol. The van der Waals surface area contributed by atoms with Gasteiger partial charge < -0.3 is 29.3 Å². The Bertz CT molecular complexity index is 755. The van der Waals surface area contributed by atoms with Crippen LogP contribution in [0.2, 0.25) is 0 Å². The van der Waals surface area contributed by atoms with Crippen molar-refractivity contribution < 1.29 is 28.2 Å². The number of halogens is 1. The zero-order valence-electron chi connectivity index (χ0n) is 15.7. The molecule has 3 aliphatic rings. The molecule has 3 heterocycles. The van der Waals surface area contributed by atoms with Crippen LogP contribution in [0, 0.1) is 5.82 Å². The van der Waals surface area contributed by atoms with Crippen molar-refractivity contribution in [3.8, 4) is 5.75 Å². The molecular weight excluding hydrogens is 369 g/mol. The van der Waals surface area contributed by atoms with Crippen molar-refractivity contribution >= 4 is 11.9 Å². The van der Waals surface area contributed by atoms with Gasteiger partial charge in [-0.25, -0.2) is 9.18 Å². The second-order valence-corrected chi connectivity index (χ2v) is 7.35. The summed E-state index contributed by atoms with van der Waals surface area (Å²) in [6.07, 6.45) is 0.661. The maximum atomic E-state index is 13.4. The SMILES string of the molecule is COc1cc(COC2CN(C(=O)N3CC[C@@H]4OCC(=O)N[C@@H]4C3)C2)ccc1F. The highest BCUT2D eigenvalue weighted by atomic mass is 19.1. The number of nitrogens with one attached hydrogen (secondary N) is 1. The fourth-order valence-corrected chi connectivity index (χ4v) is 3.78. The molecule has 0 spiro atoms. The van der Waals surface area contributed by atoms with Gasteiger partial charge in [0, 0.05) is 13.1 Å². The molecule has 1 aromatic rings. The molecular formula is C19H24FN3O5. The number of carbonyl (C=O) groups is 2. The molecule has 0 radical (unpaired) electrons. The van der Waals surface area contributed by atoms with Crippen LogP contribution in [-0.2, 0) is 20.9 Å². The number of benzene rings is 1. The number of fused-ring (bicyclic) bond motifs is 1. The van der Waals surface area contributed by atoms with Crippen molar-refractivity contribution in [3.05, 3.63) is 29.6 Å². The second kappa shape index (κ2) is 7.92. The largest absolute Gasteiger partial charge is 0.494 e. The lowest BCUT2D eigenvalue weighted by Crippen LogP contribution is -2.65. The number of hydrogen-bond acceptors (Lipinski definition) is 5. The predicted octanol–water partition coefficient (Wildman–Crippen LogP) is 0.744. The summed E-state index contributed by atoms with van der Waals surface area (Å²) in [4.78, 5) is 27.7. The lowest BCUT2D eigenvalue weighted by molar-refractivity contribution is -0.140. The van der Waals surface area contributed by atoms with Crippen molar-refractivity contribution in [1.29, 1.82) is 0 Å². The van der Waals surface area contributed by atoms with E-state index in [2.05, 4.69) is 5.32 Å². The normalized spacial score (nSPS) is 25.0. The van der Waals surface area contributed by atoms with Gasteiger partial charge in [0.05, 0.1) is 45.1 Å². The van der Waals surface area contributed by atoms with Gasteiger partial charge in [-0.1, -0.05) is 6.07 Å². The number of carbonyl (C=O) groups excluding carboxylic acids is 2. The first-order valence-corrected chi connectivity index (χ1v) is 9.42. The molecule has 3 amide bonds. The number of urea groups is 1. The number of ether oxygens (including phenoxy) is 3. The fraction of sp³-hybridized carbons (Fsp3) is 0.579. The highest BCUT2D eigenvalue weighted by molar-refractivity contribution is 5.79. The molecule has 3 aliphatic heterocycles. The number of hydrogen-bond donors (Lipinski definition) is 1. The Morgan fingerprint density at radius 1 is 1.32 bits per heavy atom. The molecule has 1 aromatic carbocycles. The van der Waals surface area contributed by atoms with Gasteiger partial charge in [-0.3, -0.25) is 4.79 Å². The Kier molecular flexibility index (Phi) is 5.36. The molecule has 8 nitrogen and oxygen atoms in total. The van der Waals surface area contributed by atoms with Crippen LogP contribution >= 0.6 is 0 Å². The number of nitrogens with zero attached hydrogens (tertiary/aromatic N) is 2. The van der Waals surface area contributed by atoms with E-state index in [1.54, 1.807) is 21.9 Å². The highest BCUT2D eigenvalue weighted by Crippen LogP contribution is 2.23. The number of piperidine rings is 1. The van der Waals surface area contributed by atoms with Gasteiger partial charge in [-0.05, 0) is 24.1 Å². The number of likely N-dealkylation sites (tertiary alicyclic amines) is 2. The maximum absolute atomic E-state index is 13.4. The number of methoxy groups -OCH3 is 1. The van der Waals surface area contributed by atoms with E-state index in [1.165, 1.54) is 13.2 Å². The summed E-state index contributed by atoms with van der Waals surface area (Å²) >= 11 is 0. The van der Waals surface area contributed by atoms with Gasteiger partial charge >= 0.3 is 6.03 Å². The third kappa shape index (κ3) is 3.90. The molecule has 0 aliphatic carbocycles. The van der Waals surface area contributed by atoms with Gasteiger partial charge in [0.15, 0.2) is 11.6 Å². The average Bonchev–Trinajstić information content (AvgIpc) is 2.67. The van der Waals surface area contributed by atoms with Crippen LogP contribution in [0.4, 0.5) is 9.18 Å². The van der Waals surface area contributed by atoms with Crippen LogP contribution in [0.25, 0.3) is 0 Å². The van der Waals surface area contributed by atoms with Crippen LogP contribution < -0.4 is 10.1 Å². The molecule has 0 bridgehead atoms. The first-order chi connectivity index (χ1) is 13.5. The molecule has 3 saturated heterocycles. The zero-order chi connectivity index (χ0) is 19.7. The molecule has 28 heavy (non-hydrogen) atoms.